The zero-order valence-electron chi connectivity index (χ0n) is 15.1. The van der Waals surface area contributed by atoms with Gasteiger partial charge in [-0.25, -0.2) is 4.79 Å². The van der Waals surface area contributed by atoms with Gasteiger partial charge in [0.2, 0.25) is 5.91 Å². The Morgan fingerprint density at radius 3 is 2.46 bits per heavy atom. The second-order valence-electron chi connectivity index (χ2n) is 6.29. The SMILES string of the molecule is CCCOc1ccc(C(=O)CCC(=O)N2CC(OC)CC2C(=O)O)cc1. The summed E-state index contributed by atoms with van der Waals surface area (Å²) in [7, 11) is 1.50. The van der Waals surface area contributed by atoms with E-state index in [1.165, 1.54) is 12.0 Å². The van der Waals surface area contributed by atoms with Crippen LogP contribution >= 0.6 is 0 Å². The van der Waals surface area contributed by atoms with Crippen molar-refractivity contribution < 1.29 is 29.0 Å². The number of amides is 1. The largest absolute Gasteiger partial charge is 0.494 e. The van der Waals surface area contributed by atoms with Crippen LogP contribution in [0.25, 0.3) is 0 Å². The van der Waals surface area contributed by atoms with Crippen LogP contribution in [-0.2, 0) is 14.3 Å². The van der Waals surface area contributed by atoms with Gasteiger partial charge in [0.25, 0.3) is 0 Å². The standard InChI is InChI=1S/C19H25NO6/c1-3-10-26-14-6-4-13(5-7-14)17(21)8-9-18(22)20-12-15(25-2)11-16(20)19(23)24/h4-7,15-16H,3,8-12H2,1-2H3,(H,23,24). The number of carboxylic acid groups (broad SMARTS) is 1. The van der Waals surface area contributed by atoms with Crippen molar-refractivity contribution in [2.75, 3.05) is 20.3 Å². The number of ketones is 1. The molecule has 1 aromatic carbocycles. The molecule has 1 aliphatic heterocycles. The van der Waals surface area contributed by atoms with Crippen molar-refractivity contribution >= 4 is 17.7 Å². The molecule has 1 aliphatic rings. The summed E-state index contributed by atoms with van der Waals surface area (Å²) < 4.78 is 10.6. The van der Waals surface area contributed by atoms with Crippen LogP contribution in [0.3, 0.4) is 0 Å². The summed E-state index contributed by atoms with van der Waals surface area (Å²) in [6, 6.07) is 5.92. The Morgan fingerprint density at radius 1 is 1.19 bits per heavy atom. The quantitative estimate of drug-likeness (QED) is 0.676. The first-order valence-corrected chi connectivity index (χ1v) is 8.77. The normalized spacial score (nSPS) is 19.4. The molecule has 7 nitrogen and oxygen atoms in total. The molecular formula is C19H25NO6. The van der Waals surface area contributed by atoms with Crippen LogP contribution < -0.4 is 4.74 Å². The van der Waals surface area contributed by atoms with Gasteiger partial charge in [0.05, 0.1) is 12.7 Å². The highest BCUT2D eigenvalue weighted by atomic mass is 16.5. The Labute approximate surface area is 152 Å². The lowest BCUT2D eigenvalue weighted by Crippen LogP contribution is -2.40. The highest BCUT2D eigenvalue weighted by Crippen LogP contribution is 2.22. The summed E-state index contributed by atoms with van der Waals surface area (Å²) in [5.41, 5.74) is 0.507. The smallest absolute Gasteiger partial charge is 0.326 e. The third-order valence-electron chi connectivity index (χ3n) is 4.42. The first-order valence-electron chi connectivity index (χ1n) is 8.77. The Kier molecular flexibility index (Phi) is 7.15. The Balaban J connectivity index is 1.89. The number of methoxy groups -OCH3 is 1. The fraction of sp³-hybridized carbons (Fsp3) is 0.526. The third-order valence-corrected chi connectivity index (χ3v) is 4.42. The molecule has 1 aromatic rings. The highest BCUT2D eigenvalue weighted by molar-refractivity contribution is 5.98. The van der Waals surface area contributed by atoms with E-state index in [1.54, 1.807) is 24.3 Å². The van der Waals surface area contributed by atoms with Crippen molar-refractivity contribution in [3.63, 3.8) is 0 Å². The molecule has 0 spiro atoms. The lowest BCUT2D eigenvalue weighted by molar-refractivity contribution is -0.148. The number of hydrogen-bond donors (Lipinski definition) is 1. The number of rotatable bonds is 9. The fourth-order valence-electron chi connectivity index (χ4n) is 2.94. The topological polar surface area (TPSA) is 93.1 Å². The van der Waals surface area contributed by atoms with Gasteiger partial charge in [-0.3, -0.25) is 9.59 Å². The second kappa shape index (κ2) is 9.33. The number of aliphatic carboxylic acids is 1. The van der Waals surface area contributed by atoms with Gasteiger partial charge >= 0.3 is 5.97 Å². The average Bonchev–Trinajstić information content (AvgIpc) is 3.09. The van der Waals surface area contributed by atoms with E-state index < -0.39 is 12.0 Å². The fourth-order valence-corrected chi connectivity index (χ4v) is 2.94. The molecular weight excluding hydrogens is 338 g/mol. The summed E-state index contributed by atoms with van der Waals surface area (Å²) in [5, 5.41) is 9.26. The lowest BCUT2D eigenvalue weighted by atomic mass is 10.1. The van der Waals surface area contributed by atoms with Crippen LogP contribution in [-0.4, -0.2) is 60.1 Å². The van der Waals surface area contributed by atoms with Crippen LogP contribution in [0.15, 0.2) is 24.3 Å². The van der Waals surface area contributed by atoms with E-state index in [-0.39, 0.29) is 43.6 Å². The van der Waals surface area contributed by atoms with Gasteiger partial charge in [0.15, 0.2) is 5.78 Å². The van der Waals surface area contributed by atoms with E-state index in [4.69, 9.17) is 9.47 Å². The predicted molar refractivity (Wildman–Crippen MR) is 94.3 cm³/mol. The number of ether oxygens (including phenoxy) is 2. The van der Waals surface area contributed by atoms with Crippen molar-refractivity contribution in [3.8, 4) is 5.75 Å². The van der Waals surface area contributed by atoms with Crippen LogP contribution in [0.1, 0.15) is 43.0 Å². The maximum Gasteiger partial charge on any atom is 0.326 e. The zero-order valence-corrected chi connectivity index (χ0v) is 15.1. The highest BCUT2D eigenvalue weighted by Gasteiger charge is 2.39. The molecule has 1 amide bonds. The first-order chi connectivity index (χ1) is 12.5. The number of nitrogens with zero attached hydrogens (tertiary/aromatic N) is 1. The minimum atomic E-state index is -1.05. The molecule has 2 atom stereocenters. The number of hydrogen-bond acceptors (Lipinski definition) is 5. The number of Topliss-reactive ketones (excluding diaryl/α,β-unsaturated/α-hetero) is 1. The van der Waals surface area contributed by atoms with Gasteiger partial charge in [-0.05, 0) is 30.7 Å². The van der Waals surface area contributed by atoms with Gasteiger partial charge in [-0.1, -0.05) is 6.92 Å². The van der Waals surface area contributed by atoms with Gasteiger partial charge < -0.3 is 19.5 Å². The van der Waals surface area contributed by atoms with E-state index in [0.29, 0.717) is 17.9 Å². The summed E-state index contributed by atoms with van der Waals surface area (Å²) in [5.74, 6) is -0.846. The lowest BCUT2D eigenvalue weighted by Gasteiger charge is -2.21. The summed E-state index contributed by atoms with van der Waals surface area (Å²) >= 11 is 0. The molecule has 2 unspecified atom stereocenters. The van der Waals surface area contributed by atoms with Crippen LogP contribution in [0.2, 0.25) is 0 Å². The Bertz CT molecular complexity index is 642. The van der Waals surface area contributed by atoms with Crippen molar-refractivity contribution in [2.45, 2.75) is 44.8 Å². The predicted octanol–water partition coefficient (Wildman–Crippen LogP) is 2.14. The zero-order chi connectivity index (χ0) is 19.1. The molecule has 0 radical (unpaired) electrons. The molecule has 1 N–H and O–H groups in total. The molecule has 142 valence electrons. The number of benzene rings is 1. The molecule has 26 heavy (non-hydrogen) atoms. The first kappa shape index (κ1) is 19.9. The Hall–Kier alpha value is -2.41. The molecule has 2 rings (SSSR count). The minimum Gasteiger partial charge on any atom is -0.494 e. The van der Waals surface area contributed by atoms with Gasteiger partial charge in [-0.2, -0.15) is 0 Å². The molecule has 0 bridgehead atoms. The number of carbonyl (C=O) groups is 3. The van der Waals surface area contributed by atoms with E-state index in [2.05, 4.69) is 0 Å². The van der Waals surface area contributed by atoms with Gasteiger partial charge in [-0.15, -0.1) is 0 Å². The van der Waals surface area contributed by atoms with E-state index in [0.717, 1.165) is 6.42 Å². The number of likely N-dealkylation sites (tertiary alicyclic amines) is 1. The van der Waals surface area contributed by atoms with Gasteiger partial charge in [0, 0.05) is 38.5 Å². The molecule has 1 fully saturated rings. The minimum absolute atomic E-state index is 0.0207. The van der Waals surface area contributed by atoms with E-state index >= 15 is 0 Å². The van der Waals surface area contributed by atoms with E-state index in [9.17, 15) is 19.5 Å². The molecule has 1 saturated heterocycles. The Morgan fingerprint density at radius 2 is 1.88 bits per heavy atom. The van der Waals surface area contributed by atoms with Crippen LogP contribution in [0.5, 0.6) is 5.75 Å². The third kappa shape index (κ3) is 5.05. The second-order valence-corrected chi connectivity index (χ2v) is 6.29. The van der Waals surface area contributed by atoms with Crippen molar-refractivity contribution in [2.24, 2.45) is 0 Å². The molecule has 0 saturated carbocycles. The average molecular weight is 363 g/mol. The molecule has 7 heteroatoms. The number of carbonyl (C=O) groups excluding carboxylic acids is 2. The maximum absolute atomic E-state index is 12.4. The van der Waals surface area contributed by atoms with E-state index in [1.807, 2.05) is 6.92 Å². The van der Waals surface area contributed by atoms with Crippen LogP contribution in [0.4, 0.5) is 0 Å². The van der Waals surface area contributed by atoms with Crippen LogP contribution in [0, 0.1) is 0 Å². The number of carboxylic acids is 1. The summed E-state index contributed by atoms with van der Waals surface area (Å²) in [4.78, 5) is 37.3. The molecule has 1 heterocycles. The molecule has 0 aromatic heterocycles. The monoisotopic (exact) mass is 363 g/mol. The van der Waals surface area contributed by atoms with Crippen molar-refractivity contribution in [1.29, 1.82) is 0 Å². The van der Waals surface area contributed by atoms with Crippen molar-refractivity contribution in [1.82, 2.24) is 4.90 Å². The van der Waals surface area contributed by atoms with Crippen molar-refractivity contribution in [3.05, 3.63) is 29.8 Å². The summed E-state index contributed by atoms with van der Waals surface area (Å²) in [6.45, 7) is 2.87. The summed E-state index contributed by atoms with van der Waals surface area (Å²) in [6.07, 6.45) is 0.902. The van der Waals surface area contributed by atoms with Gasteiger partial charge in [0.1, 0.15) is 11.8 Å². The molecule has 0 aliphatic carbocycles. The maximum atomic E-state index is 12.4.